The average Bonchev–Trinajstić information content (AvgIpc) is 2.97. The first-order valence-corrected chi connectivity index (χ1v) is 7.96. The maximum atomic E-state index is 13.9. The summed E-state index contributed by atoms with van der Waals surface area (Å²) in [6.07, 6.45) is 3.63. The minimum atomic E-state index is -0.279. The van der Waals surface area contributed by atoms with Crippen LogP contribution in [0.3, 0.4) is 0 Å². The molecule has 0 spiro atoms. The van der Waals surface area contributed by atoms with Crippen LogP contribution in [0.25, 0.3) is 21.8 Å². The number of aromatic nitrogens is 3. The van der Waals surface area contributed by atoms with Crippen LogP contribution in [-0.2, 0) is 0 Å². The number of nitrogens with zero attached hydrogens (tertiary/aromatic N) is 3. The fourth-order valence-corrected chi connectivity index (χ4v) is 2.97. The van der Waals surface area contributed by atoms with Crippen molar-refractivity contribution in [2.45, 2.75) is 5.16 Å². The lowest BCUT2D eigenvalue weighted by Gasteiger charge is -2.04. The van der Waals surface area contributed by atoms with E-state index in [2.05, 4.69) is 15.0 Å². The fraction of sp³-hybridized carbons (Fsp3) is 0.0714. The summed E-state index contributed by atoms with van der Waals surface area (Å²) in [6, 6.07) is 8.45. The third-order valence-electron chi connectivity index (χ3n) is 2.75. The van der Waals surface area contributed by atoms with Crippen LogP contribution in [0.2, 0.25) is 0 Å². The lowest BCUT2D eigenvalue weighted by Crippen LogP contribution is -1.90. The summed E-state index contributed by atoms with van der Waals surface area (Å²) in [4.78, 5) is 13.7. The van der Waals surface area contributed by atoms with Gasteiger partial charge >= 0.3 is 0 Å². The van der Waals surface area contributed by atoms with Crippen molar-refractivity contribution in [3.8, 4) is 21.8 Å². The molecule has 0 aliphatic rings. The molecule has 20 heavy (non-hydrogen) atoms. The largest absolute Gasteiger partial charge is 0.244 e. The first-order chi connectivity index (χ1) is 9.79. The van der Waals surface area contributed by atoms with Crippen molar-refractivity contribution in [2.75, 3.05) is 6.26 Å². The molecule has 3 rings (SSSR count). The molecule has 0 bridgehead atoms. The Balaban J connectivity index is 2.13. The quantitative estimate of drug-likeness (QED) is 0.539. The van der Waals surface area contributed by atoms with Crippen LogP contribution >= 0.6 is 23.1 Å². The molecule has 3 nitrogen and oxygen atoms in total. The topological polar surface area (TPSA) is 38.7 Å². The lowest BCUT2D eigenvalue weighted by atomic mass is 10.1. The van der Waals surface area contributed by atoms with Gasteiger partial charge in [0, 0.05) is 11.8 Å². The van der Waals surface area contributed by atoms with Crippen molar-refractivity contribution in [3.05, 3.63) is 47.9 Å². The van der Waals surface area contributed by atoms with Gasteiger partial charge in [-0.25, -0.2) is 19.3 Å². The first kappa shape index (κ1) is 13.2. The minimum absolute atomic E-state index is 0.279. The van der Waals surface area contributed by atoms with Crippen molar-refractivity contribution >= 4 is 23.1 Å². The van der Waals surface area contributed by atoms with Crippen molar-refractivity contribution in [2.24, 2.45) is 0 Å². The zero-order chi connectivity index (χ0) is 13.9. The van der Waals surface area contributed by atoms with Gasteiger partial charge in [-0.05, 0) is 24.5 Å². The average molecular weight is 303 g/mol. The maximum Gasteiger partial charge on any atom is 0.187 e. The maximum absolute atomic E-state index is 13.9. The highest BCUT2D eigenvalue weighted by Crippen LogP contribution is 2.34. The molecule has 2 heterocycles. The third kappa shape index (κ3) is 2.44. The van der Waals surface area contributed by atoms with Gasteiger partial charge < -0.3 is 0 Å². The zero-order valence-electron chi connectivity index (χ0n) is 10.6. The second-order valence-electron chi connectivity index (χ2n) is 3.94. The molecule has 0 unspecified atom stereocenters. The fourth-order valence-electron chi connectivity index (χ4n) is 1.84. The highest BCUT2D eigenvalue weighted by molar-refractivity contribution is 7.98. The van der Waals surface area contributed by atoms with E-state index in [9.17, 15) is 4.39 Å². The van der Waals surface area contributed by atoms with Gasteiger partial charge in [0.05, 0.1) is 21.8 Å². The molecule has 0 saturated carbocycles. The van der Waals surface area contributed by atoms with Crippen LogP contribution < -0.4 is 0 Å². The summed E-state index contributed by atoms with van der Waals surface area (Å²) >= 11 is 2.92. The Morgan fingerprint density at radius 2 is 2.00 bits per heavy atom. The molecular weight excluding hydrogens is 293 g/mol. The third-order valence-corrected chi connectivity index (χ3v) is 4.16. The minimum Gasteiger partial charge on any atom is -0.244 e. The summed E-state index contributed by atoms with van der Waals surface area (Å²) < 4.78 is 13.9. The van der Waals surface area contributed by atoms with Crippen LogP contribution in [0.4, 0.5) is 4.39 Å². The molecule has 0 aliphatic heterocycles. The normalized spacial score (nSPS) is 10.7. The van der Waals surface area contributed by atoms with Gasteiger partial charge in [-0.15, -0.1) is 11.3 Å². The van der Waals surface area contributed by atoms with Crippen LogP contribution in [0.15, 0.2) is 47.2 Å². The van der Waals surface area contributed by atoms with E-state index in [1.165, 1.54) is 29.2 Å². The number of thioether (sulfide) groups is 1. The van der Waals surface area contributed by atoms with Crippen LogP contribution in [0, 0.1) is 5.82 Å². The molecule has 0 amide bonds. The van der Waals surface area contributed by atoms with E-state index in [0.717, 1.165) is 10.6 Å². The number of hydrogen-bond donors (Lipinski definition) is 0. The Kier molecular flexibility index (Phi) is 3.75. The van der Waals surface area contributed by atoms with Gasteiger partial charge in [-0.1, -0.05) is 23.9 Å². The molecular formula is C14H10FN3S2. The Morgan fingerprint density at radius 3 is 2.80 bits per heavy atom. The van der Waals surface area contributed by atoms with E-state index in [-0.39, 0.29) is 5.82 Å². The molecule has 6 heteroatoms. The predicted molar refractivity (Wildman–Crippen MR) is 80.3 cm³/mol. The van der Waals surface area contributed by atoms with Crippen LogP contribution in [0.5, 0.6) is 0 Å². The second-order valence-corrected chi connectivity index (χ2v) is 5.57. The highest BCUT2D eigenvalue weighted by Gasteiger charge is 2.15. The summed E-state index contributed by atoms with van der Waals surface area (Å²) in [6.45, 7) is 0. The molecule has 100 valence electrons. The number of thiazole rings is 1. The van der Waals surface area contributed by atoms with E-state index in [1.54, 1.807) is 29.9 Å². The van der Waals surface area contributed by atoms with Gasteiger partial charge in [0.1, 0.15) is 5.82 Å². The molecule has 0 radical (unpaired) electrons. The van der Waals surface area contributed by atoms with Crippen LogP contribution in [-0.4, -0.2) is 21.2 Å². The van der Waals surface area contributed by atoms with Crippen molar-refractivity contribution in [3.63, 3.8) is 0 Å². The van der Waals surface area contributed by atoms with Gasteiger partial charge in [0.25, 0.3) is 0 Å². The molecule has 0 fully saturated rings. The number of hydrogen-bond acceptors (Lipinski definition) is 5. The number of halogens is 1. The summed E-state index contributed by atoms with van der Waals surface area (Å²) in [5, 5.41) is 0.690. The monoisotopic (exact) mass is 303 g/mol. The van der Waals surface area contributed by atoms with Gasteiger partial charge in [-0.3, -0.25) is 0 Å². The standard InChI is InChI=1S/C14H10FN3S2/c1-19-14-16-7-6-11(18-14)13-12(17-8-20-13)9-4-2-3-5-10(9)15/h2-8H,1H3. The zero-order valence-corrected chi connectivity index (χ0v) is 12.2. The molecule has 1 aromatic carbocycles. The molecule has 0 N–H and O–H groups in total. The second kappa shape index (κ2) is 5.68. The number of rotatable bonds is 3. The molecule has 3 aromatic rings. The van der Waals surface area contributed by atoms with E-state index in [4.69, 9.17) is 0 Å². The summed E-state index contributed by atoms with van der Waals surface area (Å²) in [5.41, 5.74) is 3.59. The van der Waals surface area contributed by atoms with Crippen LogP contribution in [0.1, 0.15) is 0 Å². The molecule has 0 atom stereocenters. The summed E-state index contributed by atoms with van der Waals surface area (Å²) in [5.74, 6) is -0.279. The smallest absolute Gasteiger partial charge is 0.187 e. The van der Waals surface area contributed by atoms with Crippen molar-refractivity contribution < 1.29 is 4.39 Å². The number of benzene rings is 1. The highest BCUT2D eigenvalue weighted by atomic mass is 32.2. The van der Waals surface area contributed by atoms with E-state index in [1.807, 2.05) is 12.3 Å². The summed E-state index contributed by atoms with van der Waals surface area (Å²) in [7, 11) is 0. The predicted octanol–water partition coefficient (Wildman–Crippen LogP) is 4.13. The lowest BCUT2D eigenvalue weighted by molar-refractivity contribution is 0.631. The Hall–Kier alpha value is -1.79. The van der Waals surface area contributed by atoms with E-state index >= 15 is 0 Å². The SMILES string of the molecule is CSc1nccc(-c2scnc2-c2ccccc2F)n1. The van der Waals surface area contributed by atoms with Gasteiger partial charge in [0.2, 0.25) is 0 Å². The molecule has 2 aromatic heterocycles. The van der Waals surface area contributed by atoms with E-state index in [0.29, 0.717) is 16.4 Å². The van der Waals surface area contributed by atoms with Gasteiger partial charge in [0.15, 0.2) is 5.16 Å². The van der Waals surface area contributed by atoms with Crippen molar-refractivity contribution in [1.29, 1.82) is 0 Å². The molecule has 0 aliphatic carbocycles. The molecule has 0 saturated heterocycles. The Bertz CT molecular complexity index is 743. The Labute approximate surface area is 123 Å². The first-order valence-electron chi connectivity index (χ1n) is 5.85. The Morgan fingerprint density at radius 1 is 1.15 bits per heavy atom. The van der Waals surface area contributed by atoms with Crippen molar-refractivity contribution in [1.82, 2.24) is 15.0 Å². The van der Waals surface area contributed by atoms with Gasteiger partial charge in [-0.2, -0.15) is 0 Å². The van der Waals surface area contributed by atoms with E-state index < -0.39 is 0 Å².